The molecule has 0 spiro atoms. The number of anilines is 2. The van der Waals surface area contributed by atoms with E-state index in [9.17, 15) is 14.9 Å². The fourth-order valence-corrected chi connectivity index (χ4v) is 4.00. The molecular weight excluding hydrogens is 402 g/mol. The van der Waals surface area contributed by atoms with Gasteiger partial charge in [0.15, 0.2) is 0 Å². The number of carbonyl (C=O) groups excluding carboxylic acids is 1. The summed E-state index contributed by atoms with van der Waals surface area (Å²) in [4.78, 5) is 26.0. The number of nitro benzene ring substituents is 1. The third-order valence-corrected chi connectivity index (χ3v) is 5.95. The van der Waals surface area contributed by atoms with Gasteiger partial charge < -0.3 is 10.2 Å². The van der Waals surface area contributed by atoms with Gasteiger partial charge in [0.1, 0.15) is 5.69 Å². The topological polar surface area (TPSA) is 75.5 Å². The van der Waals surface area contributed by atoms with Crippen molar-refractivity contribution in [2.75, 3.05) is 16.8 Å². The number of nitrogens with one attached hydrogen (secondary N) is 1. The van der Waals surface area contributed by atoms with Crippen LogP contribution in [0.3, 0.4) is 0 Å². The van der Waals surface area contributed by atoms with E-state index in [-0.39, 0.29) is 28.1 Å². The van der Waals surface area contributed by atoms with Gasteiger partial charge >= 0.3 is 0 Å². The Hall–Kier alpha value is -2.60. The minimum Gasteiger partial charge on any atom is -0.363 e. The largest absolute Gasteiger partial charge is 0.363 e. The van der Waals surface area contributed by atoms with Crippen LogP contribution >= 0.6 is 11.6 Å². The summed E-state index contributed by atoms with van der Waals surface area (Å²) >= 11 is 6.30. The van der Waals surface area contributed by atoms with Crippen LogP contribution in [0.1, 0.15) is 62.9 Å². The maximum Gasteiger partial charge on any atom is 0.294 e. The van der Waals surface area contributed by atoms with Gasteiger partial charge in [-0.25, -0.2) is 0 Å². The number of nitro groups is 1. The Labute approximate surface area is 182 Å². The summed E-state index contributed by atoms with van der Waals surface area (Å²) in [5.41, 5.74) is 2.46. The van der Waals surface area contributed by atoms with E-state index in [1.165, 1.54) is 6.07 Å². The minimum atomic E-state index is -0.417. The molecule has 1 fully saturated rings. The summed E-state index contributed by atoms with van der Waals surface area (Å²) < 4.78 is 0. The summed E-state index contributed by atoms with van der Waals surface area (Å²) in [6.07, 6.45) is 3.06. The number of rotatable bonds is 4. The molecule has 160 valence electrons. The number of hydrogen-bond donors (Lipinski definition) is 1. The summed E-state index contributed by atoms with van der Waals surface area (Å²) in [6, 6.07) is 10.6. The zero-order valence-electron chi connectivity index (χ0n) is 17.9. The fourth-order valence-electron chi connectivity index (χ4n) is 3.80. The van der Waals surface area contributed by atoms with Crippen molar-refractivity contribution in [3.63, 3.8) is 0 Å². The van der Waals surface area contributed by atoms with Crippen LogP contribution in [0.5, 0.6) is 0 Å². The predicted octanol–water partition coefficient (Wildman–Crippen LogP) is 6.18. The lowest BCUT2D eigenvalue weighted by molar-refractivity contribution is -0.384. The van der Waals surface area contributed by atoms with Gasteiger partial charge in [0.25, 0.3) is 11.6 Å². The van der Waals surface area contributed by atoms with E-state index in [4.69, 9.17) is 11.6 Å². The summed E-state index contributed by atoms with van der Waals surface area (Å²) in [6.45, 7) is 9.14. The third kappa shape index (κ3) is 4.75. The molecule has 0 aromatic heterocycles. The highest BCUT2D eigenvalue weighted by atomic mass is 35.5. The summed E-state index contributed by atoms with van der Waals surface area (Å²) in [7, 11) is 0. The first kappa shape index (κ1) is 22.1. The first-order valence-electron chi connectivity index (χ1n) is 10.2. The molecule has 1 aliphatic heterocycles. The highest BCUT2D eigenvalue weighted by Gasteiger charge is 2.27. The molecule has 3 rings (SSSR count). The molecule has 2 aromatic carbocycles. The normalized spacial score (nSPS) is 17.0. The molecule has 0 unspecified atom stereocenters. The number of carbonyl (C=O) groups is 1. The van der Waals surface area contributed by atoms with Crippen molar-refractivity contribution in [3.05, 3.63) is 62.7 Å². The molecule has 1 heterocycles. The van der Waals surface area contributed by atoms with Crippen molar-refractivity contribution in [2.45, 2.75) is 58.4 Å². The Morgan fingerprint density at radius 3 is 2.43 bits per heavy atom. The molecule has 2 aromatic rings. The second-order valence-electron chi connectivity index (χ2n) is 8.90. The molecule has 1 saturated heterocycles. The van der Waals surface area contributed by atoms with Gasteiger partial charge in [0, 0.05) is 24.2 Å². The van der Waals surface area contributed by atoms with Crippen LogP contribution in [0, 0.1) is 10.1 Å². The second-order valence-corrected chi connectivity index (χ2v) is 9.30. The molecule has 1 N–H and O–H groups in total. The Morgan fingerprint density at radius 1 is 1.20 bits per heavy atom. The minimum absolute atomic E-state index is 0.00326. The van der Waals surface area contributed by atoms with Crippen molar-refractivity contribution >= 4 is 34.6 Å². The lowest BCUT2D eigenvalue weighted by Gasteiger charge is -2.35. The Kier molecular flexibility index (Phi) is 6.36. The van der Waals surface area contributed by atoms with Gasteiger partial charge in [-0.15, -0.1) is 0 Å². The molecule has 1 amide bonds. The Balaban J connectivity index is 1.91. The number of benzene rings is 2. The smallest absolute Gasteiger partial charge is 0.294 e. The molecule has 30 heavy (non-hydrogen) atoms. The third-order valence-electron chi connectivity index (χ3n) is 5.63. The summed E-state index contributed by atoms with van der Waals surface area (Å²) in [5.74, 6) is -0.302. The van der Waals surface area contributed by atoms with Gasteiger partial charge in [-0.2, -0.15) is 0 Å². The van der Waals surface area contributed by atoms with Gasteiger partial charge in [-0.05, 0) is 55.4 Å². The van der Waals surface area contributed by atoms with Gasteiger partial charge in [-0.3, -0.25) is 14.9 Å². The van der Waals surface area contributed by atoms with Crippen molar-refractivity contribution in [2.24, 2.45) is 0 Å². The molecular formula is C23H28ClN3O3. The number of halogens is 1. The fraction of sp³-hybridized carbons (Fsp3) is 0.435. The molecule has 1 atom stereocenters. The van der Waals surface area contributed by atoms with Crippen molar-refractivity contribution in [1.29, 1.82) is 0 Å². The number of amides is 1. The first-order chi connectivity index (χ1) is 14.1. The Bertz CT molecular complexity index is 951. The van der Waals surface area contributed by atoms with Crippen molar-refractivity contribution in [1.82, 2.24) is 0 Å². The molecule has 0 aliphatic carbocycles. The maximum absolute atomic E-state index is 12.8. The molecule has 0 bridgehead atoms. The van der Waals surface area contributed by atoms with Crippen molar-refractivity contribution < 1.29 is 9.72 Å². The van der Waals surface area contributed by atoms with E-state index < -0.39 is 4.92 Å². The van der Waals surface area contributed by atoms with E-state index in [0.29, 0.717) is 16.9 Å². The average Bonchev–Trinajstić information content (AvgIpc) is 2.69. The average molecular weight is 430 g/mol. The monoisotopic (exact) mass is 429 g/mol. The van der Waals surface area contributed by atoms with E-state index in [1.807, 2.05) is 17.0 Å². The first-order valence-corrected chi connectivity index (χ1v) is 10.6. The lowest BCUT2D eigenvalue weighted by Crippen LogP contribution is -2.37. The quantitative estimate of drug-likeness (QED) is 0.465. The van der Waals surface area contributed by atoms with Crippen molar-refractivity contribution in [3.8, 4) is 0 Å². The maximum atomic E-state index is 12.8. The van der Waals surface area contributed by atoms with Crippen LogP contribution < -0.4 is 10.2 Å². The Morgan fingerprint density at radius 2 is 1.87 bits per heavy atom. The molecule has 7 heteroatoms. The molecule has 0 saturated carbocycles. The number of nitrogens with zero attached hydrogens (tertiary/aromatic N) is 2. The zero-order chi connectivity index (χ0) is 22.1. The summed E-state index contributed by atoms with van der Waals surface area (Å²) in [5, 5.41) is 14.6. The highest BCUT2D eigenvalue weighted by Crippen LogP contribution is 2.39. The van der Waals surface area contributed by atoms with E-state index >= 15 is 0 Å². The standard InChI is InChI=1S/C23H28ClN3O3/c1-15-7-5-6-12-26(15)20-14-19(18(24)13-21(20)27(29)30)25-22(28)16-8-10-17(11-9-16)23(2,3)4/h8-11,13-15H,5-7,12H2,1-4H3,(H,25,28)/t15-/m0/s1. The van der Waals surface area contributed by atoms with Gasteiger partial charge in [0.05, 0.1) is 15.6 Å². The molecule has 1 aliphatic rings. The SMILES string of the molecule is C[C@H]1CCCCN1c1cc(NC(=O)c2ccc(C(C)(C)C)cc2)c(Cl)cc1[N+](=O)[O-]. The van der Waals surface area contributed by atoms with Gasteiger partial charge in [0.2, 0.25) is 0 Å². The molecule has 0 radical (unpaired) electrons. The lowest BCUT2D eigenvalue weighted by atomic mass is 9.87. The zero-order valence-corrected chi connectivity index (χ0v) is 18.6. The van der Waals surface area contributed by atoms with E-state index in [0.717, 1.165) is 31.4 Å². The molecule has 6 nitrogen and oxygen atoms in total. The van der Waals surface area contributed by atoms with Crippen LogP contribution in [0.4, 0.5) is 17.1 Å². The van der Waals surface area contributed by atoms with E-state index in [1.54, 1.807) is 18.2 Å². The van der Waals surface area contributed by atoms with Gasteiger partial charge in [-0.1, -0.05) is 44.5 Å². The van der Waals surface area contributed by atoms with Crippen LogP contribution in [0.25, 0.3) is 0 Å². The van der Waals surface area contributed by atoms with Crippen LogP contribution in [0.15, 0.2) is 36.4 Å². The predicted molar refractivity (Wildman–Crippen MR) is 122 cm³/mol. The van der Waals surface area contributed by atoms with Crippen LogP contribution in [-0.2, 0) is 5.41 Å². The second kappa shape index (κ2) is 8.64. The van der Waals surface area contributed by atoms with Crippen LogP contribution in [-0.4, -0.2) is 23.4 Å². The highest BCUT2D eigenvalue weighted by molar-refractivity contribution is 6.34. The van der Waals surface area contributed by atoms with Crippen LogP contribution in [0.2, 0.25) is 5.02 Å². The number of piperidine rings is 1. The van der Waals surface area contributed by atoms with E-state index in [2.05, 4.69) is 33.0 Å². The number of hydrogen-bond acceptors (Lipinski definition) is 4.